The zero-order chi connectivity index (χ0) is 23.1. The molecule has 0 radical (unpaired) electrons. The summed E-state index contributed by atoms with van der Waals surface area (Å²) in [6.07, 6.45) is 0.450. The second-order valence-electron chi connectivity index (χ2n) is 6.92. The normalized spacial score (nSPS) is 11.4. The van der Waals surface area contributed by atoms with Crippen LogP contribution < -0.4 is 10.1 Å². The summed E-state index contributed by atoms with van der Waals surface area (Å²) in [4.78, 5) is 12.8. The number of anilines is 1. The minimum Gasteiger partial charge on any atom is -0.497 e. The molecule has 0 aromatic heterocycles. The first-order chi connectivity index (χ1) is 15.3. The van der Waals surface area contributed by atoms with Gasteiger partial charge in [0.1, 0.15) is 5.75 Å². The Hall–Kier alpha value is -2.58. The van der Waals surface area contributed by atoms with E-state index in [2.05, 4.69) is 5.32 Å². The standard InChI is InChI=1S/C23H22Cl2N2O4S/c1-31-19-8-10-20(11-9-19)32(29,30)27(14-13-17-5-3-2-4-6-17)16-23(28)26-22-12-7-18(24)15-21(22)25/h2-12,15H,13-14,16H2,1H3,(H,26,28). The molecule has 168 valence electrons. The highest BCUT2D eigenvalue weighted by molar-refractivity contribution is 7.89. The van der Waals surface area contributed by atoms with E-state index in [0.29, 0.717) is 22.9 Å². The van der Waals surface area contributed by atoms with Gasteiger partial charge in [-0.25, -0.2) is 8.42 Å². The third-order valence-corrected chi connectivity index (χ3v) is 7.12. The number of carbonyl (C=O) groups excluding carboxylic acids is 1. The molecule has 0 spiro atoms. The Morgan fingerprint density at radius 2 is 1.69 bits per heavy atom. The van der Waals surface area contributed by atoms with Gasteiger partial charge in [0.2, 0.25) is 15.9 Å². The number of ether oxygens (including phenoxy) is 1. The Balaban J connectivity index is 1.82. The predicted octanol–water partition coefficient (Wildman–Crippen LogP) is 4.87. The number of hydrogen-bond donors (Lipinski definition) is 1. The van der Waals surface area contributed by atoms with Crippen LogP contribution in [0.15, 0.2) is 77.7 Å². The number of halogens is 2. The average Bonchev–Trinajstić information content (AvgIpc) is 2.79. The van der Waals surface area contributed by atoms with Gasteiger partial charge in [-0.2, -0.15) is 4.31 Å². The van der Waals surface area contributed by atoms with E-state index in [-0.39, 0.29) is 23.0 Å². The molecule has 0 fully saturated rings. The summed E-state index contributed by atoms with van der Waals surface area (Å²) in [5.74, 6) is 0.0225. The first-order valence-corrected chi connectivity index (χ1v) is 11.9. The number of methoxy groups -OCH3 is 1. The monoisotopic (exact) mass is 492 g/mol. The van der Waals surface area contributed by atoms with Crippen LogP contribution in [0.2, 0.25) is 10.0 Å². The Labute approximate surface area is 197 Å². The maximum absolute atomic E-state index is 13.3. The second-order valence-corrected chi connectivity index (χ2v) is 9.70. The fourth-order valence-corrected chi connectivity index (χ4v) is 4.87. The lowest BCUT2D eigenvalue weighted by Gasteiger charge is -2.22. The Morgan fingerprint density at radius 3 is 2.31 bits per heavy atom. The van der Waals surface area contributed by atoms with Crippen molar-refractivity contribution in [3.8, 4) is 5.75 Å². The van der Waals surface area contributed by atoms with E-state index >= 15 is 0 Å². The minimum atomic E-state index is -3.94. The van der Waals surface area contributed by atoms with Crippen LogP contribution in [-0.4, -0.2) is 38.8 Å². The summed E-state index contributed by atoms with van der Waals surface area (Å²) in [5, 5.41) is 3.35. The van der Waals surface area contributed by atoms with Crippen molar-refractivity contribution in [2.75, 3.05) is 25.5 Å². The van der Waals surface area contributed by atoms with Crippen molar-refractivity contribution in [1.29, 1.82) is 0 Å². The van der Waals surface area contributed by atoms with E-state index in [0.717, 1.165) is 9.87 Å². The van der Waals surface area contributed by atoms with Gasteiger partial charge in [0.25, 0.3) is 0 Å². The van der Waals surface area contributed by atoms with Crippen molar-refractivity contribution in [1.82, 2.24) is 4.31 Å². The van der Waals surface area contributed by atoms with Crippen molar-refractivity contribution in [3.63, 3.8) is 0 Å². The molecule has 0 aliphatic heterocycles. The van der Waals surface area contributed by atoms with E-state index in [1.165, 1.54) is 25.3 Å². The number of nitrogens with one attached hydrogen (secondary N) is 1. The molecule has 0 unspecified atom stereocenters. The minimum absolute atomic E-state index is 0.0729. The van der Waals surface area contributed by atoms with E-state index in [4.69, 9.17) is 27.9 Å². The Morgan fingerprint density at radius 1 is 1.00 bits per heavy atom. The topological polar surface area (TPSA) is 75.7 Å². The molecule has 0 heterocycles. The zero-order valence-corrected chi connectivity index (χ0v) is 19.6. The van der Waals surface area contributed by atoms with Gasteiger partial charge in [0.05, 0.1) is 29.3 Å². The fourth-order valence-electron chi connectivity index (χ4n) is 3.02. The number of carbonyl (C=O) groups is 1. The van der Waals surface area contributed by atoms with E-state index in [1.807, 2.05) is 30.3 Å². The smallest absolute Gasteiger partial charge is 0.243 e. The summed E-state index contributed by atoms with van der Waals surface area (Å²) in [5.41, 5.74) is 1.31. The van der Waals surface area contributed by atoms with Crippen molar-refractivity contribution in [2.45, 2.75) is 11.3 Å². The molecule has 0 saturated carbocycles. The SMILES string of the molecule is COc1ccc(S(=O)(=O)N(CCc2ccccc2)CC(=O)Nc2ccc(Cl)cc2Cl)cc1. The van der Waals surface area contributed by atoms with Gasteiger partial charge in [0, 0.05) is 11.6 Å². The maximum atomic E-state index is 13.3. The maximum Gasteiger partial charge on any atom is 0.243 e. The van der Waals surface area contributed by atoms with Crippen LogP contribution in [0.5, 0.6) is 5.75 Å². The van der Waals surface area contributed by atoms with Gasteiger partial charge in [0.15, 0.2) is 0 Å². The third-order valence-electron chi connectivity index (χ3n) is 4.72. The highest BCUT2D eigenvalue weighted by Crippen LogP contribution is 2.26. The van der Waals surface area contributed by atoms with Crippen LogP contribution in [0.1, 0.15) is 5.56 Å². The van der Waals surface area contributed by atoms with Crippen molar-refractivity contribution in [2.24, 2.45) is 0 Å². The van der Waals surface area contributed by atoms with Gasteiger partial charge in [-0.15, -0.1) is 0 Å². The van der Waals surface area contributed by atoms with Crippen molar-refractivity contribution < 1.29 is 17.9 Å². The van der Waals surface area contributed by atoms with Crippen LogP contribution >= 0.6 is 23.2 Å². The molecule has 32 heavy (non-hydrogen) atoms. The van der Waals surface area contributed by atoms with Gasteiger partial charge in [-0.1, -0.05) is 53.5 Å². The van der Waals surface area contributed by atoms with Crippen molar-refractivity contribution in [3.05, 3.63) is 88.4 Å². The summed E-state index contributed by atoms with van der Waals surface area (Å²) < 4.78 is 32.9. The average molecular weight is 493 g/mol. The van der Waals surface area contributed by atoms with Crippen molar-refractivity contribution >= 4 is 44.8 Å². The van der Waals surface area contributed by atoms with Crippen LogP contribution in [0.3, 0.4) is 0 Å². The molecule has 3 aromatic carbocycles. The molecular weight excluding hydrogens is 471 g/mol. The Bertz CT molecular complexity index is 1170. The number of sulfonamides is 1. The molecule has 9 heteroatoms. The lowest BCUT2D eigenvalue weighted by Crippen LogP contribution is -2.39. The lowest BCUT2D eigenvalue weighted by atomic mass is 10.1. The fraction of sp³-hybridized carbons (Fsp3) is 0.174. The van der Waals surface area contributed by atoms with Crippen LogP contribution in [-0.2, 0) is 21.2 Å². The summed E-state index contributed by atoms with van der Waals surface area (Å²) in [7, 11) is -2.44. The summed E-state index contributed by atoms with van der Waals surface area (Å²) >= 11 is 12.0. The number of rotatable bonds is 9. The first kappa shape index (κ1) is 24.1. The molecule has 3 aromatic rings. The molecule has 0 bridgehead atoms. The van der Waals surface area contributed by atoms with Gasteiger partial charge < -0.3 is 10.1 Å². The van der Waals surface area contributed by atoms with Gasteiger partial charge >= 0.3 is 0 Å². The predicted molar refractivity (Wildman–Crippen MR) is 127 cm³/mol. The van der Waals surface area contributed by atoms with E-state index < -0.39 is 15.9 Å². The molecule has 0 aliphatic carbocycles. The molecule has 1 N–H and O–H groups in total. The molecule has 6 nitrogen and oxygen atoms in total. The molecule has 1 amide bonds. The largest absolute Gasteiger partial charge is 0.497 e. The number of nitrogens with zero attached hydrogens (tertiary/aromatic N) is 1. The van der Waals surface area contributed by atoms with E-state index in [1.54, 1.807) is 24.3 Å². The Kier molecular flexibility index (Phi) is 8.15. The van der Waals surface area contributed by atoms with Crippen LogP contribution in [0.25, 0.3) is 0 Å². The number of amides is 1. The molecule has 0 aliphatic rings. The van der Waals surface area contributed by atoms with Gasteiger partial charge in [-0.3, -0.25) is 4.79 Å². The van der Waals surface area contributed by atoms with Crippen LogP contribution in [0, 0.1) is 0 Å². The molecule has 3 rings (SSSR count). The number of hydrogen-bond acceptors (Lipinski definition) is 4. The molecular formula is C23H22Cl2N2O4S. The number of benzene rings is 3. The van der Waals surface area contributed by atoms with Crippen LogP contribution in [0.4, 0.5) is 5.69 Å². The van der Waals surface area contributed by atoms with Gasteiger partial charge in [-0.05, 0) is 54.4 Å². The highest BCUT2D eigenvalue weighted by Gasteiger charge is 2.27. The lowest BCUT2D eigenvalue weighted by molar-refractivity contribution is -0.116. The second kappa shape index (κ2) is 10.8. The zero-order valence-electron chi connectivity index (χ0n) is 17.3. The quantitative estimate of drug-likeness (QED) is 0.462. The summed E-state index contributed by atoms with van der Waals surface area (Å²) in [6.45, 7) is -0.250. The third kappa shape index (κ3) is 6.23. The molecule has 0 saturated heterocycles. The first-order valence-electron chi connectivity index (χ1n) is 9.72. The van der Waals surface area contributed by atoms with E-state index in [9.17, 15) is 13.2 Å². The summed E-state index contributed by atoms with van der Waals surface area (Å²) in [6, 6.07) is 20.2. The molecule has 0 atom stereocenters. The highest BCUT2D eigenvalue weighted by atomic mass is 35.5.